The fraction of sp³-hybridized carbons (Fsp3) is 0.424. The lowest BCUT2D eigenvalue weighted by atomic mass is 9.63. The van der Waals surface area contributed by atoms with Crippen molar-refractivity contribution in [2.24, 2.45) is 16.6 Å². The molecule has 2 N–H and O–H groups in total. The number of ketones is 2. The van der Waals surface area contributed by atoms with Crippen LogP contribution >= 0.6 is 15.9 Å². The van der Waals surface area contributed by atoms with Crippen molar-refractivity contribution in [1.29, 1.82) is 0 Å². The number of primary amides is 1. The average molecular weight is 622 g/mol. The van der Waals surface area contributed by atoms with Gasteiger partial charge >= 0.3 is 0 Å². The number of hydrogen-bond acceptors (Lipinski definition) is 6. The molecule has 2 aromatic rings. The smallest absolute Gasteiger partial charge is 0.255 e. The molecule has 0 fully saturated rings. The van der Waals surface area contributed by atoms with Crippen LogP contribution in [0.3, 0.4) is 0 Å². The van der Waals surface area contributed by atoms with Crippen LogP contribution in [-0.2, 0) is 20.9 Å². The Morgan fingerprint density at radius 1 is 0.951 bits per heavy atom. The molecule has 7 nitrogen and oxygen atoms in total. The maximum atomic E-state index is 14.1. The number of halogens is 1. The molecule has 0 aromatic heterocycles. The summed E-state index contributed by atoms with van der Waals surface area (Å²) in [6.45, 7) is 8.82. The third kappa shape index (κ3) is 5.71. The van der Waals surface area contributed by atoms with Gasteiger partial charge in [0, 0.05) is 47.8 Å². The van der Waals surface area contributed by atoms with Crippen molar-refractivity contribution in [3.8, 4) is 11.5 Å². The second kappa shape index (κ2) is 10.8. The van der Waals surface area contributed by atoms with Crippen LogP contribution in [0.4, 0.5) is 0 Å². The molecule has 5 rings (SSSR count). The Kier molecular flexibility index (Phi) is 7.66. The van der Waals surface area contributed by atoms with E-state index in [0.29, 0.717) is 46.5 Å². The third-order valence-electron chi connectivity index (χ3n) is 8.15. The van der Waals surface area contributed by atoms with Gasteiger partial charge in [0.25, 0.3) is 5.91 Å². The minimum Gasteiger partial charge on any atom is -0.493 e. The average Bonchev–Trinajstić information content (AvgIpc) is 2.87. The number of carbonyl (C=O) groups excluding carboxylic acids is 3. The van der Waals surface area contributed by atoms with Gasteiger partial charge in [0.15, 0.2) is 29.7 Å². The second-order valence-corrected chi connectivity index (χ2v) is 13.8. The molecule has 2 aliphatic carbocycles. The zero-order chi connectivity index (χ0) is 29.7. The van der Waals surface area contributed by atoms with Gasteiger partial charge < -0.3 is 20.1 Å². The molecule has 8 heteroatoms. The van der Waals surface area contributed by atoms with E-state index in [1.165, 1.54) is 7.11 Å². The molecular formula is C33H37BrN2O5. The summed E-state index contributed by atoms with van der Waals surface area (Å²) in [4.78, 5) is 41.8. The molecule has 2 aromatic carbocycles. The van der Waals surface area contributed by atoms with Crippen molar-refractivity contribution >= 4 is 33.4 Å². The summed E-state index contributed by atoms with van der Waals surface area (Å²) in [5.41, 5.74) is 10.1. The maximum Gasteiger partial charge on any atom is 0.255 e. The Morgan fingerprint density at radius 2 is 1.51 bits per heavy atom. The monoisotopic (exact) mass is 620 g/mol. The van der Waals surface area contributed by atoms with E-state index in [1.807, 2.05) is 30.3 Å². The SMILES string of the molecule is COc1cc(C2C3=C(CC(C)(C)CC3=O)N(Cc3ccccc3)C3=C2C(=O)CC(C)(C)C3)cc(Br)c1OCC(N)=O. The Bertz CT molecular complexity index is 1430. The first-order valence-electron chi connectivity index (χ1n) is 13.9. The minimum atomic E-state index is -0.607. The van der Waals surface area contributed by atoms with Crippen LogP contribution in [0, 0.1) is 10.8 Å². The molecule has 0 bridgehead atoms. The van der Waals surface area contributed by atoms with E-state index in [2.05, 4.69) is 60.7 Å². The Hall–Kier alpha value is -3.39. The van der Waals surface area contributed by atoms with Gasteiger partial charge in [0.05, 0.1) is 11.6 Å². The fourth-order valence-corrected chi connectivity index (χ4v) is 7.10. The quantitative estimate of drug-likeness (QED) is 0.395. The number of rotatable bonds is 7. The summed E-state index contributed by atoms with van der Waals surface area (Å²) in [5, 5.41) is 0. The van der Waals surface area contributed by atoms with Crippen LogP contribution in [0.5, 0.6) is 11.5 Å². The molecule has 0 radical (unpaired) electrons. The Morgan fingerprint density at radius 3 is 2.02 bits per heavy atom. The van der Waals surface area contributed by atoms with Crippen LogP contribution in [0.2, 0.25) is 0 Å². The lowest BCUT2D eigenvalue weighted by Crippen LogP contribution is -2.44. The number of benzene rings is 2. The van der Waals surface area contributed by atoms with Crippen LogP contribution in [0.15, 0.2) is 69.5 Å². The van der Waals surface area contributed by atoms with Crippen molar-refractivity contribution in [2.45, 2.75) is 65.8 Å². The lowest BCUT2D eigenvalue weighted by molar-refractivity contribution is -0.121. The molecule has 1 aliphatic heterocycles. The Labute approximate surface area is 249 Å². The van der Waals surface area contributed by atoms with Gasteiger partial charge in [-0.05, 0) is 62.9 Å². The number of ether oxygens (including phenoxy) is 2. The second-order valence-electron chi connectivity index (χ2n) is 12.9. The number of hydrogen-bond donors (Lipinski definition) is 1. The Balaban J connectivity index is 1.75. The highest BCUT2D eigenvalue weighted by Crippen LogP contribution is 2.55. The van der Waals surface area contributed by atoms with Gasteiger partial charge in [-0.15, -0.1) is 0 Å². The minimum absolute atomic E-state index is 0.0626. The molecule has 0 spiro atoms. The van der Waals surface area contributed by atoms with Crippen LogP contribution in [-0.4, -0.2) is 36.1 Å². The number of carbonyl (C=O) groups is 3. The summed E-state index contributed by atoms with van der Waals surface area (Å²) in [5.74, 6) is -0.287. The topological polar surface area (TPSA) is 98.9 Å². The fourth-order valence-electron chi connectivity index (χ4n) is 6.53. The lowest BCUT2D eigenvalue weighted by Gasteiger charge is -2.49. The number of allylic oxidation sites excluding steroid dienone is 4. The van der Waals surface area contributed by atoms with E-state index < -0.39 is 11.8 Å². The van der Waals surface area contributed by atoms with Crippen molar-refractivity contribution in [1.82, 2.24) is 4.90 Å². The number of Topliss-reactive ketones (excluding diaryl/α,β-unsaturated/α-hetero) is 2. The normalized spacial score (nSPS) is 20.1. The van der Waals surface area contributed by atoms with Crippen molar-refractivity contribution in [3.63, 3.8) is 0 Å². The first-order chi connectivity index (χ1) is 19.3. The summed E-state index contributed by atoms with van der Waals surface area (Å²) >= 11 is 3.58. The third-order valence-corrected chi connectivity index (χ3v) is 8.74. The molecule has 216 valence electrons. The maximum absolute atomic E-state index is 14.1. The zero-order valence-corrected chi connectivity index (χ0v) is 25.9. The van der Waals surface area contributed by atoms with Crippen molar-refractivity contribution < 1.29 is 23.9 Å². The summed E-state index contributed by atoms with van der Waals surface area (Å²) in [6.07, 6.45) is 2.26. The van der Waals surface area contributed by atoms with E-state index in [-0.39, 0.29) is 29.0 Å². The van der Waals surface area contributed by atoms with E-state index in [0.717, 1.165) is 35.4 Å². The molecule has 3 aliphatic rings. The van der Waals surface area contributed by atoms with Gasteiger partial charge in [-0.1, -0.05) is 58.0 Å². The van der Waals surface area contributed by atoms with E-state index in [9.17, 15) is 14.4 Å². The zero-order valence-electron chi connectivity index (χ0n) is 24.3. The molecule has 1 heterocycles. The summed E-state index contributed by atoms with van der Waals surface area (Å²) in [6, 6.07) is 13.9. The molecule has 0 saturated heterocycles. The molecule has 0 saturated carbocycles. The van der Waals surface area contributed by atoms with Gasteiger partial charge in [0.1, 0.15) is 0 Å². The van der Waals surface area contributed by atoms with Gasteiger partial charge in [0.2, 0.25) is 0 Å². The molecule has 0 unspecified atom stereocenters. The predicted octanol–water partition coefficient (Wildman–Crippen LogP) is 6.21. The largest absolute Gasteiger partial charge is 0.493 e. The highest BCUT2D eigenvalue weighted by atomic mass is 79.9. The van der Waals surface area contributed by atoms with Crippen molar-refractivity contribution in [3.05, 3.63) is 80.6 Å². The van der Waals surface area contributed by atoms with Gasteiger partial charge in [-0.2, -0.15) is 0 Å². The summed E-state index contributed by atoms with van der Waals surface area (Å²) in [7, 11) is 1.52. The predicted molar refractivity (Wildman–Crippen MR) is 160 cm³/mol. The number of nitrogens with two attached hydrogens (primary N) is 1. The number of nitrogens with zero attached hydrogens (tertiary/aromatic N) is 1. The van der Waals surface area contributed by atoms with Crippen LogP contribution in [0.1, 0.15) is 70.4 Å². The van der Waals surface area contributed by atoms with E-state index in [1.54, 1.807) is 0 Å². The highest BCUT2D eigenvalue weighted by molar-refractivity contribution is 9.10. The van der Waals surface area contributed by atoms with Crippen molar-refractivity contribution in [2.75, 3.05) is 13.7 Å². The van der Waals surface area contributed by atoms with Gasteiger partial charge in [-0.25, -0.2) is 0 Å². The van der Waals surface area contributed by atoms with Crippen LogP contribution in [0.25, 0.3) is 0 Å². The molecule has 1 amide bonds. The number of methoxy groups -OCH3 is 1. The van der Waals surface area contributed by atoms with E-state index >= 15 is 0 Å². The highest BCUT2D eigenvalue weighted by Gasteiger charge is 2.49. The molecule has 41 heavy (non-hydrogen) atoms. The number of amides is 1. The molecular weight excluding hydrogens is 584 g/mol. The first kappa shape index (κ1) is 29.1. The van der Waals surface area contributed by atoms with E-state index in [4.69, 9.17) is 15.2 Å². The van der Waals surface area contributed by atoms with Gasteiger partial charge in [-0.3, -0.25) is 14.4 Å². The van der Waals surface area contributed by atoms with Crippen LogP contribution < -0.4 is 15.2 Å². The summed E-state index contributed by atoms with van der Waals surface area (Å²) < 4.78 is 11.9. The standard InChI is InChI=1S/C33H37BrN2O5/c1-32(2)13-22-29(24(37)15-32)28(20-11-21(34)31(26(12-20)40-5)41-18-27(35)39)30-23(14-33(3,4)16-25(30)38)36(22)17-19-9-7-6-8-10-19/h6-12,28H,13-18H2,1-5H3,(H2,35,39). The molecule has 0 atom stereocenters. The first-order valence-corrected chi connectivity index (χ1v) is 14.7.